The van der Waals surface area contributed by atoms with Crippen molar-refractivity contribution in [2.24, 2.45) is 0 Å². The molecule has 0 aliphatic heterocycles. The summed E-state index contributed by atoms with van der Waals surface area (Å²) < 4.78 is 12.1. The Morgan fingerprint density at radius 1 is 0.425 bits per heavy atom. The van der Waals surface area contributed by atoms with Gasteiger partial charge in [0.1, 0.15) is 0 Å². The Balaban J connectivity index is 1.90. The Hall–Kier alpha value is -4.44. The number of ether oxygens (including phenoxy) is 2. The van der Waals surface area contributed by atoms with Gasteiger partial charge in [0.15, 0.2) is 11.5 Å². The molecule has 4 heteroatoms. The van der Waals surface area contributed by atoms with Crippen molar-refractivity contribution >= 4 is 23.5 Å². The number of hydrogen-bond acceptors (Lipinski definition) is 4. The minimum Gasteiger partial charge on any atom is -0.418 e. The third-order valence-corrected chi connectivity index (χ3v) is 6.64. The summed E-state index contributed by atoms with van der Waals surface area (Å²) in [7, 11) is 0. The lowest BCUT2D eigenvalue weighted by Crippen LogP contribution is -2.13. The van der Waals surface area contributed by atoms with Crippen LogP contribution in [-0.2, 0) is 20.3 Å². The molecule has 0 aromatic heterocycles. The molecular weight excluding hydrogens is 496 g/mol. The van der Waals surface area contributed by atoms with Crippen LogP contribution in [0.25, 0.3) is 11.5 Å². The zero-order valence-corrected chi connectivity index (χ0v) is 24.0. The van der Waals surface area contributed by atoms with Crippen LogP contribution in [0.2, 0.25) is 0 Å². The average Bonchev–Trinajstić information content (AvgIpc) is 2.95. The summed E-state index contributed by atoms with van der Waals surface area (Å²) in [5.74, 6) is -0.755. The van der Waals surface area contributed by atoms with Gasteiger partial charge < -0.3 is 9.47 Å². The van der Waals surface area contributed by atoms with Crippen LogP contribution in [0.15, 0.2) is 109 Å². The molecule has 4 aromatic carbocycles. The van der Waals surface area contributed by atoms with Crippen molar-refractivity contribution in [3.63, 3.8) is 0 Å². The van der Waals surface area contributed by atoms with E-state index >= 15 is 0 Å². The molecular formula is C36H36O4. The van der Waals surface area contributed by atoms with Crippen LogP contribution in [0, 0.1) is 0 Å². The molecule has 4 nitrogen and oxygen atoms in total. The maximum absolute atomic E-state index is 13.3. The molecule has 0 saturated heterocycles. The molecule has 0 aliphatic rings. The maximum atomic E-state index is 13.3. The Kier molecular flexibility index (Phi) is 8.39. The molecule has 0 unspecified atom stereocenters. The summed E-state index contributed by atoms with van der Waals surface area (Å²) >= 11 is 0. The molecule has 40 heavy (non-hydrogen) atoms. The molecule has 0 N–H and O–H groups in total. The number of esters is 2. The van der Waals surface area contributed by atoms with Crippen molar-refractivity contribution < 1.29 is 19.1 Å². The maximum Gasteiger partial charge on any atom is 0.343 e. The first kappa shape index (κ1) is 28.6. The standard InChI is InChI=1S/C36H36O4/c1-35(2,3)29-21-17-25(18-22-29)31(39-33(37)27-13-9-7-10-14-27)32(40-34(38)28-15-11-8-12-16-28)26-19-23-30(24-20-26)36(4,5)6/h7-24H,1-6H3. The monoisotopic (exact) mass is 532 g/mol. The highest BCUT2D eigenvalue weighted by Gasteiger charge is 2.24. The topological polar surface area (TPSA) is 52.6 Å². The largest absolute Gasteiger partial charge is 0.418 e. The van der Waals surface area contributed by atoms with Gasteiger partial charge in [-0.25, -0.2) is 9.59 Å². The van der Waals surface area contributed by atoms with Gasteiger partial charge in [0.2, 0.25) is 0 Å². The average molecular weight is 533 g/mol. The van der Waals surface area contributed by atoms with Gasteiger partial charge in [0.05, 0.1) is 11.1 Å². The van der Waals surface area contributed by atoms with Crippen molar-refractivity contribution in [3.8, 4) is 0 Å². The predicted octanol–water partition coefficient (Wildman–Crippen LogP) is 8.82. The zero-order chi connectivity index (χ0) is 28.9. The molecule has 0 heterocycles. The van der Waals surface area contributed by atoms with E-state index in [0.29, 0.717) is 22.3 Å². The highest BCUT2D eigenvalue weighted by Crippen LogP contribution is 2.33. The summed E-state index contributed by atoms with van der Waals surface area (Å²) in [6.45, 7) is 12.8. The zero-order valence-electron chi connectivity index (χ0n) is 24.0. The van der Waals surface area contributed by atoms with Gasteiger partial charge in [0.25, 0.3) is 0 Å². The van der Waals surface area contributed by atoms with E-state index in [1.807, 2.05) is 60.7 Å². The van der Waals surface area contributed by atoms with E-state index in [9.17, 15) is 9.59 Å². The third-order valence-electron chi connectivity index (χ3n) is 6.64. The summed E-state index contributed by atoms with van der Waals surface area (Å²) in [6, 6.07) is 33.2. The van der Waals surface area contributed by atoms with Crippen molar-refractivity contribution in [3.05, 3.63) is 143 Å². The third kappa shape index (κ3) is 6.95. The number of hydrogen-bond donors (Lipinski definition) is 0. The molecule has 4 aromatic rings. The SMILES string of the molecule is CC(C)(C)c1ccc(C(OC(=O)c2ccccc2)=C(OC(=O)c2ccccc2)c2ccc(C(C)(C)C)cc2)cc1. The molecule has 0 aliphatic carbocycles. The van der Waals surface area contributed by atoms with Crippen LogP contribution in [-0.4, -0.2) is 11.9 Å². The van der Waals surface area contributed by atoms with E-state index in [-0.39, 0.29) is 22.3 Å². The number of carbonyl (C=O) groups excluding carboxylic acids is 2. The summed E-state index contributed by atoms with van der Waals surface area (Å²) in [6.07, 6.45) is 0. The fourth-order valence-corrected chi connectivity index (χ4v) is 4.17. The van der Waals surface area contributed by atoms with E-state index in [1.54, 1.807) is 48.5 Å². The molecule has 0 saturated carbocycles. The molecule has 0 amide bonds. The number of rotatable bonds is 6. The van der Waals surface area contributed by atoms with Gasteiger partial charge in [-0.05, 0) is 46.2 Å². The first-order valence-electron chi connectivity index (χ1n) is 13.4. The second-order valence-electron chi connectivity index (χ2n) is 11.8. The van der Waals surface area contributed by atoms with Crippen LogP contribution in [0.3, 0.4) is 0 Å². The first-order valence-corrected chi connectivity index (χ1v) is 13.4. The van der Waals surface area contributed by atoms with Crippen LogP contribution in [0.5, 0.6) is 0 Å². The minimum atomic E-state index is -0.546. The van der Waals surface area contributed by atoms with Gasteiger partial charge in [-0.2, -0.15) is 0 Å². The van der Waals surface area contributed by atoms with Crippen molar-refractivity contribution in [2.45, 2.75) is 52.4 Å². The Morgan fingerprint density at radius 2 is 0.725 bits per heavy atom. The summed E-state index contributed by atoms with van der Waals surface area (Å²) in [5, 5.41) is 0. The molecule has 204 valence electrons. The summed E-state index contributed by atoms with van der Waals surface area (Å²) in [5.41, 5.74) is 4.15. The highest BCUT2D eigenvalue weighted by molar-refractivity contribution is 6.00. The van der Waals surface area contributed by atoms with E-state index < -0.39 is 11.9 Å². The van der Waals surface area contributed by atoms with Gasteiger partial charge >= 0.3 is 11.9 Å². The quantitative estimate of drug-likeness (QED) is 0.141. The fourth-order valence-electron chi connectivity index (χ4n) is 4.17. The number of carbonyl (C=O) groups is 2. The lowest BCUT2D eigenvalue weighted by Gasteiger charge is -2.21. The van der Waals surface area contributed by atoms with Gasteiger partial charge in [-0.15, -0.1) is 0 Å². The Bertz CT molecular complexity index is 1370. The van der Waals surface area contributed by atoms with Crippen LogP contribution >= 0.6 is 0 Å². The van der Waals surface area contributed by atoms with Crippen LogP contribution < -0.4 is 0 Å². The van der Waals surface area contributed by atoms with Gasteiger partial charge in [-0.1, -0.05) is 126 Å². The first-order chi connectivity index (χ1) is 18.9. The van der Waals surface area contributed by atoms with Gasteiger partial charge in [-0.3, -0.25) is 0 Å². The van der Waals surface area contributed by atoms with E-state index in [1.165, 1.54) is 0 Å². The van der Waals surface area contributed by atoms with Crippen molar-refractivity contribution in [1.29, 1.82) is 0 Å². The molecule has 0 bridgehead atoms. The van der Waals surface area contributed by atoms with Gasteiger partial charge in [0, 0.05) is 11.1 Å². The molecule has 0 spiro atoms. The predicted molar refractivity (Wildman–Crippen MR) is 161 cm³/mol. The number of benzene rings is 4. The van der Waals surface area contributed by atoms with E-state index in [2.05, 4.69) is 41.5 Å². The van der Waals surface area contributed by atoms with Crippen LogP contribution in [0.4, 0.5) is 0 Å². The Morgan fingerprint density at radius 3 is 1.00 bits per heavy atom. The molecule has 4 rings (SSSR count). The fraction of sp³-hybridized carbons (Fsp3) is 0.222. The lowest BCUT2D eigenvalue weighted by atomic mass is 9.86. The van der Waals surface area contributed by atoms with Crippen molar-refractivity contribution in [2.75, 3.05) is 0 Å². The van der Waals surface area contributed by atoms with E-state index in [4.69, 9.17) is 9.47 Å². The highest BCUT2D eigenvalue weighted by atomic mass is 16.6. The van der Waals surface area contributed by atoms with E-state index in [0.717, 1.165) is 11.1 Å². The smallest absolute Gasteiger partial charge is 0.343 e. The lowest BCUT2D eigenvalue weighted by molar-refractivity contribution is 0.0646. The minimum absolute atomic E-state index is 0.0610. The normalized spacial score (nSPS) is 12.3. The van der Waals surface area contributed by atoms with Crippen LogP contribution in [0.1, 0.15) is 84.5 Å². The summed E-state index contributed by atoms with van der Waals surface area (Å²) in [4.78, 5) is 26.7. The second kappa shape index (κ2) is 11.7. The molecule has 0 atom stereocenters. The molecule has 0 radical (unpaired) electrons. The second-order valence-corrected chi connectivity index (χ2v) is 11.8. The Labute approximate surface area is 237 Å². The molecule has 0 fully saturated rings. The van der Waals surface area contributed by atoms with Crippen molar-refractivity contribution in [1.82, 2.24) is 0 Å².